The first kappa shape index (κ1) is 25.1. The number of carbonyl (C=O) groups is 2. The molecule has 0 unspecified atom stereocenters. The van der Waals surface area contributed by atoms with Crippen LogP contribution in [0.1, 0.15) is 61.0 Å². The van der Waals surface area contributed by atoms with Gasteiger partial charge in [-0.25, -0.2) is 22.2 Å². The van der Waals surface area contributed by atoms with Crippen molar-refractivity contribution < 1.29 is 26.8 Å². The summed E-state index contributed by atoms with van der Waals surface area (Å²) in [5.41, 5.74) is 0.168. The van der Waals surface area contributed by atoms with Crippen molar-refractivity contribution in [2.45, 2.75) is 61.4 Å². The first-order chi connectivity index (χ1) is 17.1. The fourth-order valence-corrected chi connectivity index (χ4v) is 6.58. The molecule has 1 aromatic carbocycles. The normalized spacial score (nSPS) is 22.9. The third kappa shape index (κ3) is 4.85. The van der Waals surface area contributed by atoms with Crippen LogP contribution in [0.25, 0.3) is 0 Å². The van der Waals surface area contributed by atoms with Crippen molar-refractivity contribution in [3.8, 4) is 0 Å². The van der Waals surface area contributed by atoms with E-state index in [1.165, 1.54) is 23.2 Å². The third-order valence-electron chi connectivity index (χ3n) is 7.08. The van der Waals surface area contributed by atoms with Gasteiger partial charge >= 0.3 is 0 Å². The van der Waals surface area contributed by atoms with Crippen molar-refractivity contribution in [2.75, 3.05) is 6.54 Å². The molecule has 2 saturated carbocycles. The van der Waals surface area contributed by atoms with Gasteiger partial charge in [0.05, 0.1) is 16.3 Å². The van der Waals surface area contributed by atoms with E-state index in [1.54, 1.807) is 0 Å². The number of carbonyl (C=O) groups excluding carboxylic acids is 2. The van der Waals surface area contributed by atoms with E-state index >= 15 is 0 Å². The molecule has 1 saturated heterocycles. The molecule has 2 aliphatic carbocycles. The van der Waals surface area contributed by atoms with Gasteiger partial charge in [0.1, 0.15) is 17.7 Å². The fourth-order valence-electron chi connectivity index (χ4n) is 4.84. The highest BCUT2D eigenvalue weighted by atomic mass is 35.5. The second-order valence-corrected chi connectivity index (χ2v) is 12.6. The number of hydrogen-bond acceptors (Lipinski definition) is 5. The van der Waals surface area contributed by atoms with E-state index in [1.807, 2.05) is 6.92 Å². The molecule has 0 radical (unpaired) electrons. The average molecular weight is 538 g/mol. The van der Waals surface area contributed by atoms with Crippen molar-refractivity contribution in [1.82, 2.24) is 15.2 Å². The number of likely N-dealkylation sites (tertiary alicyclic amines) is 1. The van der Waals surface area contributed by atoms with E-state index in [0.29, 0.717) is 25.8 Å². The monoisotopic (exact) mass is 537 g/mol. The Hall–Kier alpha value is -2.59. The van der Waals surface area contributed by atoms with Crippen LogP contribution in [0.5, 0.6) is 0 Å². The molecule has 7 nitrogen and oxygen atoms in total. The van der Waals surface area contributed by atoms with Crippen molar-refractivity contribution >= 4 is 33.3 Å². The van der Waals surface area contributed by atoms with Gasteiger partial charge in [0.15, 0.2) is 14.9 Å². The maximum Gasteiger partial charge on any atom is 0.254 e. The highest BCUT2D eigenvalue weighted by Crippen LogP contribution is 2.43. The lowest BCUT2D eigenvalue weighted by atomic mass is 10.00. The summed E-state index contributed by atoms with van der Waals surface area (Å²) in [6.45, 7) is 2.22. The SMILES string of the molecule is C[C@@H]1C[C@H](C(=O)N[C@@H](c2cc(F)c(Cl)cc2F)C2CC2)N(C(=O)c2ccnc(S(=O)(=O)C3CC3)c2)C1. The van der Waals surface area contributed by atoms with Gasteiger partial charge in [0.25, 0.3) is 5.91 Å². The van der Waals surface area contributed by atoms with E-state index in [4.69, 9.17) is 11.6 Å². The van der Waals surface area contributed by atoms with Gasteiger partial charge < -0.3 is 10.2 Å². The van der Waals surface area contributed by atoms with Crippen LogP contribution < -0.4 is 5.32 Å². The zero-order valence-electron chi connectivity index (χ0n) is 19.6. The molecule has 2 heterocycles. The molecule has 3 atom stereocenters. The number of sulfone groups is 1. The molecule has 36 heavy (non-hydrogen) atoms. The van der Waals surface area contributed by atoms with E-state index in [2.05, 4.69) is 10.3 Å². The summed E-state index contributed by atoms with van der Waals surface area (Å²) < 4.78 is 54.0. The second-order valence-electron chi connectivity index (χ2n) is 10.1. The Morgan fingerprint density at radius 1 is 1.14 bits per heavy atom. The van der Waals surface area contributed by atoms with E-state index in [-0.39, 0.29) is 33.0 Å². The first-order valence-electron chi connectivity index (χ1n) is 12.0. The zero-order chi connectivity index (χ0) is 25.8. The lowest BCUT2D eigenvalue weighted by Crippen LogP contribution is -2.47. The molecular weight excluding hydrogens is 512 g/mol. The molecule has 5 rings (SSSR count). The van der Waals surface area contributed by atoms with E-state index in [9.17, 15) is 26.8 Å². The lowest BCUT2D eigenvalue weighted by Gasteiger charge is -2.27. The predicted octanol–water partition coefficient (Wildman–Crippen LogP) is 4.07. The minimum absolute atomic E-state index is 0.0188. The minimum atomic E-state index is -3.58. The van der Waals surface area contributed by atoms with Gasteiger partial charge in [0, 0.05) is 23.9 Å². The number of hydrogen-bond donors (Lipinski definition) is 1. The minimum Gasteiger partial charge on any atom is -0.347 e. The molecular formula is C25H26ClF2N3O4S. The van der Waals surface area contributed by atoms with Gasteiger partial charge in [-0.15, -0.1) is 0 Å². The predicted molar refractivity (Wildman–Crippen MR) is 128 cm³/mol. The summed E-state index contributed by atoms with van der Waals surface area (Å²) >= 11 is 5.69. The molecule has 3 aliphatic rings. The van der Waals surface area contributed by atoms with Crippen LogP contribution in [0.2, 0.25) is 5.02 Å². The Balaban J connectivity index is 1.38. The number of rotatable bonds is 7. The van der Waals surface area contributed by atoms with Crippen LogP contribution in [0.15, 0.2) is 35.5 Å². The second kappa shape index (κ2) is 9.37. The Kier molecular flexibility index (Phi) is 6.53. The van der Waals surface area contributed by atoms with Crippen molar-refractivity contribution in [3.63, 3.8) is 0 Å². The largest absolute Gasteiger partial charge is 0.347 e. The number of amides is 2. The van der Waals surface area contributed by atoms with Gasteiger partial charge in [0.2, 0.25) is 5.91 Å². The molecule has 0 bridgehead atoms. The fraction of sp³-hybridized carbons (Fsp3) is 0.480. The molecule has 11 heteroatoms. The number of nitrogens with one attached hydrogen (secondary N) is 1. The average Bonchev–Trinajstić information content (AvgIpc) is 3.76. The third-order valence-corrected chi connectivity index (χ3v) is 9.52. The number of halogens is 3. The Morgan fingerprint density at radius 3 is 2.53 bits per heavy atom. The van der Waals surface area contributed by atoms with Crippen LogP contribution >= 0.6 is 11.6 Å². The quantitative estimate of drug-likeness (QED) is 0.537. The number of nitrogens with zero attached hydrogens (tertiary/aromatic N) is 2. The first-order valence-corrected chi connectivity index (χ1v) is 13.9. The van der Waals surface area contributed by atoms with Crippen molar-refractivity contribution in [2.24, 2.45) is 11.8 Å². The summed E-state index contributed by atoms with van der Waals surface area (Å²) in [5.74, 6) is -2.42. The molecule has 1 aliphatic heterocycles. The van der Waals surface area contributed by atoms with Gasteiger partial charge in [-0.05, 0) is 68.2 Å². The standard InChI is InChI=1S/C25H26ClF2N3O4S/c1-13-8-21(24(32)30-23(14-2-3-14)17-10-20(28)18(26)11-19(17)27)31(12-13)25(33)15-6-7-29-22(9-15)36(34,35)16-4-5-16/h6-7,9-11,13-14,16,21,23H,2-5,8,12H2,1H3,(H,30,32)/t13-,21-,23-/m1/s1. The summed E-state index contributed by atoms with van der Waals surface area (Å²) in [4.78, 5) is 32.2. The zero-order valence-corrected chi connectivity index (χ0v) is 21.2. The summed E-state index contributed by atoms with van der Waals surface area (Å²) in [5, 5.41) is 1.91. The molecule has 0 spiro atoms. The summed E-state index contributed by atoms with van der Waals surface area (Å²) in [6.07, 6.45) is 4.35. The highest BCUT2D eigenvalue weighted by Gasteiger charge is 2.42. The van der Waals surface area contributed by atoms with Crippen LogP contribution in [-0.4, -0.2) is 48.0 Å². The van der Waals surface area contributed by atoms with Crippen LogP contribution in [-0.2, 0) is 14.6 Å². The molecule has 2 amide bonds. The summed E-state index contributed by atoms with van der Waals surface area (Å²) in [6, 6.07) is 3.05. The van der Waals surface area contributed by atoms with Gasteiger partial charge in [-0.1, -0.05) is 18.5 Å². The van der Waals surface area contributed by atoms with Crippen LogP contribution in [0.4, 0.5) is 8.78 Å². The lowest BCUT2D eigenvalue weighted by molar-refractivity contribution is -0.125. The Morgan fingerprint density at radius 2 is 1.86 bits per heavy atom. The number of benzene rings is 1. The van der Waals surface area contributed by atoms with Crippen LogP contribution in [0.3, 0.4) is 0 Å². The maximum absolute atomic E-state index is 14.7. The van der Waals surface area contributed by atoms with Crippen molar-refractivity contribution in [1.29, 1.82) is 0 Å². The maximum atomic E-state index is 14.7. The molecule has 1 aromatic heterocycles. The Bertz CT molecular complexity index is 1330. The van der Waals surface area contributed by atoms with Crippen LogP contribution in [0, 0.1) is 23.5 Å². The summed E-state index contributed by atoms with van der Waals surface area (Å²) in [7, 11) is -3.58. The smallest absolute Gasteiger partial charge is 0.254 e. The Labute approximate surface area is 213 Å². The number of pyridine rings is 1. The van der Waals surface area contributed by atoms with E-state index in [0.717, 1.165) is 25.0 Å². The van der Waals surface area contributed by atoms with Crippen molar-refractivity contribution in [3.05, 3.63) is 58.2 Å². The highest BCUT2D eigenvalue weighted by molar-refractivity contribution is 7.92. The van der Waals surface area contributed by atoms with Gasteiger partial charge in [-0.2, -0.15) is 0 Å². The molecule has 1 N–H and O–H groups in total. The molecule has 3 fully saturated rings. The van der Waals surface area contributed by atoms with Gasteiger partial charge in [-0.3, -0.25) is 9.59 Å². The van der Waals surface area contributed by atoms with E-state index < -0.39 is 50.6 Å². The molecule has 192 valence electrons. The number of aromatic nitrogens is 1. The topological polar surface area (TPSA) is 96.4 Å². The molecule has 2 aromatic rings.